The van der Waals surface area contributed by atoms with Crippen molar-refractivity contribution < 1.29 is 24.2 Å². The highest BCUT2D eigenvalue weighted by Gasteiger charge is 2.40. The van der Waals surface area contributed by atoms with Gasteiger partial charge in [-0.1, -0.05) is 19.1 Å². The summed E-state index contributed by atoms with van der Waals surface area (Å²) in [6.45, 7) is 4.40. The molecule has 3 heterocycles. The largest absolute Gasteiger partial charge is 0.481 e. The number of hydrogen-bond acceptors (Lipinski definition) is 9. The van der Waals surface area contributed by atoms with E-state index in [4.69, 9.17) is 19.6 Å². The summed E-state index contributed by atoms with van der Waals surface area (Å²) < 4.78 is 10.8. The molecule has 0 saturated carbocycles. The second-order valence-corrected chi connectivity index (χ2v) is 9.37. The first-order chi connectivity index (χ1) is 19.4. The summed E-state index contributed by atoms with van der Waals surface area (Å²) >= 11 is 0. The van der Waals surface area contributed by atoms with E-state index in [0.717, 1.165) is 5.56 Å². The molecule has 0 aliphatic carbocycles. The van der Waals surface area contributed by atoms with E-state index < -0.39 is 12.1 Å². The number of carbonyl (C=O) groups excluding carboxylic acids is 1. The van der Waals surface area contributed by atoms with E-state index in [0.29, 0.717) is 60.1 Å². The number of nitrogens with zero attached hydrogens (tertiary/aromatic N) is 6. The summed E-state index contributed by atoms with van der Waals surface area (Å²) in [7, 11) is 1.54. The molecule has 1 aliphatic heterocycles. The molecule has 0 fully saturated rings. The zero-order chi connectivity index (χ0) is 28.6. The number of aliphatic carboxylic acids is 1. The molecule has 1 aromatic carbocycles. The van der Waals surface area contributed by atoms with Gasteiger partial charge in [0.1, 0.15) is 0 Å². The number of benzene rings is 1. The fourth-order valence-corrected chi connectivity index (χ4v) is 4.88. The molecule has 0 radical (unpaired) electrons. The van der Waals surface area contributed by atoms with Gasteiger partial charge in [0.25, 0.3) is 0 Å². The van der Waals surface area contributed by atoms with Crippen LogP contribution in [0.25, 0.3) is 0 Å². The molecule has 0 bridgehead atoms. The summed E-state index contributed by atoms with van der Waals surface area (Å²) in [6.07, 6.45) is 4.32. The van der Waals surface area contributed by atoms with Crippen molar-refractivity contribution in [3.63, 3.8) is 0 Å². The molecule has 11 heteroatoms. The lowest BCUT2D eigenvalue weighted by atomic mass is 9.92. The first-order valence-electron chi connectivity index (χ1n) is 13.2. The topological polar surface area (TPSA) is 142 Å². The van der Waals surface area contributed by atoms with E-state index in [-0.39, 0.29) is 25.1 Å². The molecule has 0 spiro atoms. The molecule has 0 saturated heterocycles. The lowest BCUT2D eigenvalue weighted by molar-refractivity contribution is -0.136. The molecule has 2 atom stereocenters. The molecule has 1 N–H and O–H groups in total. The normalized spacial score (nSPS) is 16.0. The lowest BCUT2D eigenvalue weighted by Gasteiger charge is -2.43. The molecule has 3 aromatic rings. The lowest BCUT2D eigenvalue weighted by Crippen LogP contribution is -2.48. The van der Waals surface area contributed by atoms with Gasteiger partial charge in [0, 0.05) is 37.5 Å². The number of nitriles is 1. The van der Waals surface area contributed by atoms with Gasteiger partial charge in [0.15, 0.2) is 0 Å². The highest BCUT2D eigenvalue weighted by atomic mass is 16.6. The Morgan fingerprint density at radius 2 is 1.95 bits per heavy atom. The standard InChI is InChI=1S/C29H32N6O5/c1-4-22-14-24(27-23(10-11-25(33-27)39-3)35(22)29(38)40-5-2)34(18-20-8-6-7-19(13-20)15-30)28-31-16-21(17-32-28)9-12-26(36)37/h6-8,10-11,13,16-17,22,24H,4-5,9,12,14,18H2,1-3H3,(H,36,37)/t22-,24?/m1/s1. The van der Waals surface area contributed by atoms with Gasteiger partial charge in [-0.25, -0.2) is 19.7 Å². The van der Waals surface area contributed by atoms with Crippen LogP contribution in [0.1, 0.15) is 61.5 Å². The molecule has 40 heavy (non-hydrogen) atoms. The zero-order valence-electron chi connectivity index (χ0n) is 22.8. The molecule has 11 nitrogen and oxygen atoms in total. The highest BCUT2D eigenvalue weighted by molar-refractivity contribution is 5.90. The van der Waals surface area contributed by atoms with Crippen molar-refractivity contribution in [3.05, 3.63) is 71.2 Å². The molecule has 1 amide bonds. The molecular formula is C29H32N6O5. The number of aryl methyl sites for hydroxylation is 1. The second kappa shape index (κ2) is 12.9. The van der Waals surface area contributed by atoms with Crippen molar-refractivity contribution in [3.8, 4) is 11.9 Å². The van der Waals surface area contributed by atoms with Crippen LogP contribution in [0.2, 0.25) is 0 Å². The van der Waals surface area contributed by atoms with Crippen molar-refractivity contribution in [1.82, 2.24) is 15.0 Å². The number of anilines is 2. The predicted molar refractivity (Wildman–Crippen MR) is 147 cm³/mol. The van der Waals surface area contributed by atoms with E-state index in [9.17, 15) is 14.9 Å². The van der Waals surface area contributed by atoms with Crippen LogP contribution >= 0.6 is 0 Å². The van der Waals surface area contributed by atoms with Crippen LogP contribution in [-0.4, -0.2) is 51.9 Å². The van der Waals surface area contributed by atoms with Crippen molar-refractivity contribution in [2.45, 2.75) is 58.2 Å². The Kier molecular flexibility index (Phi) is 9.11. The minimum atomic E-state index is -0.890. The van der Waals surface area contributed by atoms with Crippen LogP contribution in [-0.2, 0) is 22.5 Å². The number of carboxylic acids is 1. The van der Waals surface area contributed by atoms with Gasteiger partial charge >= 0.3 is 12.1 Å². The van der Waals surface area contributed by atoms with E-state index in [1.54, 1.807) is 36.4 Å². The Hall–Kier alpha value is -4.72. The Morgan fingerprint density at radius 1 is 1.18 bits per heavy atom. The molecule has 2 aromatic heterocycles. The minimum absolute atomic E-state index is 0.0189. The maximum atomic E-state index is 13.1. The zero-order valence-corrected chi connectivity index (χ0v) is 22.8. The molecule has 1 unspecified atom stereocenters. The summed E-state index contributed by atoms with van der Waals surface area (Å²) in [5.74, 6) is -0.0704. The van der Waals surface area contributed by atoms with Crippen molar-refractivity contribution >= 4 is 23.7 Å². The number of ether oxygens (including phenoxy) is 2. The highest BCUT2D eigenvalue weighted by Crippen LogP contribution is 2.43. The number of hydrogen-bond donors (Lipinski definition) is 1. The third-order valence-electron chi connectivity index (χ3n) is 6.82. The number of carbonyl (C=O) groups is 2. The van der Waals surface area contributed by atoms with Crippen LogP contribution in [0.3, 0.4) is 0 Å². The SMILES string of the molecule is CCOC(=O)N1c2ccc(OC)nc2C(N(Cc2cccc(C#N)c2)c2ncc(CCC(=O)O)cn2)C[C@H]1CC. The van der Waals surface area contributed by atoms with Crippen molar-refractivity contribution in [2.75, 3.05) is 23.5 Å². The predicted octanol–water partition coefficient (Wildman–Crippen LogP) is 4.66. The monoisotopic (exact) mass is 544 g/mol. The number of pyridine rings is 1. The maximum absolute atomic E-state index is 13.1. The number of carboxylic acid groups (broad SMARTS) is 1. The van der Waals surface area contributed by atoms with Crippen LogP contribution < -0.4 is 14.5 Å². The van der Waals surface area contributed by atoms with Crippen LogP contribution in [0.5, 0.6) is 5.88 Å². The van der Waals surface area contributed by atoms with Gasteiger partial charge < -0.3 is 19.5 Å². The number of aromatic nitrogens is 3. The van der Waals surface area contributed by atoms with E-state index in [1.807, 2.05) is 36.1 Å². The average molecular weight is 545 g/mol. The Morgan fingerprint density at radius 3 is 2.60 bits per heavy atom. The summed E-state index contributed by atoms with van der Waals surface area (Å²) in [6, 6.07) is 12.5. The first kappa shape index (κ1) is 28.3. The van der Waals surface area contributed by atoms with Crippen molar-refractivity contribution in [1.29, 1.82) is 5.26 Å². The first-order valence-corrected chi connectivity index (χ1v) is 13.2. The van der Waals surface area contributed by atoms with E-state index in [2.05, 4.69) is 16.0 Å². The smallest absolute Gasteiger partial charge is 0.414 e. The summed E-state index contributed by atoms with van der Waals surface area (Å²) in [4.78, 5) is 41.8. The van der Waals surface area contributed by atoms with Gasteiger partial charge in [0.2, 0.25) is 11.8 Å². The Labute approximate surface area is 233 Å². The van der Waals surface area contributed by atoms with Gasteiger partial charge in [0.05, 0.1) is 42.8 Å². The van der Waals surface area contributed by atoms with Crippen LogP contribution in [0.4, 0.5) is 16.4 Å². The van der Waals surface area contributed by atoms with Gasteiger partial charge in [-0.3, -0.25) is 9.69 Å². The molecule has 208 valence electrons. The van der Waals surface area contributed by atoms with E-state index >= 15 is 0 Å². The number of rotatable bonds is 10. The number of methoxy groups -OCH3 is 1. The average Bonchev–Trinajstić information content (AvgIpc) is 2.98. The maximum Gasteiger partial charge on any atom is 0.414 e. The Bertz CT molecular complexity index is 1390. The van der Waals surface area contributed by atoms with Gasteiger partial charge in [-0.2, -0.15) is 5.26 Å². The van der Waals surface area contributed by atoms with Gasteiger partial charge in [-0.15, -0.1) is 0 Å². The number of fused-ring (bicyclic) bond motifs is 1. The minimum Gasteiger partial charge on any atom is -0.481 e. The summed E-state index contributed by atoms with van der Waals surface area (Å²) in [5, 5.41) is 18.5. The third-order valence-corrected chi connectivity index (χ3v) is 6.82. The fraction of sp³-hybridized carbons (Fsp3) is 0.379. The Balaban J connectivity index is 1.82. The summed E-state index contributed by atoms with van der Waals surface area (Å²) in [5.41, 5.74) is 3.36. The second-order valence-electron chi connectivity index (χ2n) is 9.37. The number of amides is 1. The van der Waals surface area contributed by atoms with E-state index in [1.165, 1.54) is 7.11 Å². The molecule has 1 aliphatic rings. The van der Waals surface area contributed by atoms with Crippen LogP contribution in [0, 0.1) is 11.3 Å². The quantitative estimate of drug-likeness (QED) is 0.383. The molecule has 4 rings (SSSR count). The third kappa shape index (κ3) is 6.29. The molecular weight excluding hydrogens is 512 g/mol. The fourth-order valence-electron chi connectivity index (χ4n) is 4.88. The van der Waals surface area contributed by atoms with Crippen LogP contribution in [0.15, 0.2) is 48.8 Å². The van der Waals surface area contributed by atoms with Gasteiger partial charge in [-0.05, 0) is 55.5 Å². The van der Waals surface area contributed by atoms with Crippen molar-refractivity contribution in [2.24, 2.45) is 0 Å².